The highest BCUT2D eigenvalue weighted by atomic mass is 16.5. The van der Waals surface area contributed by atoms with Gasteiger partial charge in [-0.05, 0) is 62.9 Å². The average Bonchev–Trinajstić information content (AvgIpc) is 3.11. The smallest absolute Gasteiger partial charge is 0.254 e. The van der Waals surface area contributed by atoms with E-state index in [4.69, 9.17) is 4.74 Å². The summed E-state index contributed by atoms with van der Waals surface area (Å²) in [5.74, 6) is 0.231. The summed E-state index contributed by atoms with van der Waals surface area (Å²) in [5.41, 5.74) is 5.39. The molecule has 2 aromatic carbocycles. The molecular formula is C27H33N3O3. The highest BCUT2D eigenvalue weighted by molar-refractivity contribution is 6.10. The number of amides is 2. The van der Waals surface area contributed by atoms with Crippen LogP contribution in [0.2, 0.25) is 0 Å². The van der Waals surface area contributed by atoms with Crippen molar-refractivity contribution in [1.29, 1.82) is 0 Å². The van der Waals surface area contributed by atoms with Crippen LogP contribution in [0.1, 0.15) is 65.3 Å². The van der Waals surface area contributed by atoms with Crippen molar-refractivity contribution in [2.24, 2.45) is 0 Å². The second-order valence-corrected chi connectivity index (χ2v) is 9.00. The van der Waals surface area contributed by atoms with Crippen LogP contribution in [-0.4, -0.2) is 30.0 Å². The number of anilines is 1. The molecule has 1 saturated carbocycles. The van der Waals surface area contributed by atoms with Gasteiger partial charge in [0.1, 0.15) is 5.75 Å². The van der Waals surface area contributed by atoms with E-state index >= 15 is 0 Å². The molecule has 1 heterocycles. The van der Waals surface area contributed by atoms with Crippen molar-refractivity contribution in [2.45, 2.75) is 58.9 Å². The maximum absolute atomic E-state index is 13.3. The number of aryl methyl sites for hydroxylation is 2. The van der Waals surface area contributed by atoms with Crippen molar-refractivity contribution in [2.75, 3.05) is 19.0 Å². The first-order valence-electron chi connectivity index (χ1n) is 11.7. The van der Waals surface area contributed by atoms with Gasteiger partial charge in [0.15, 0.2) is 0 Å². The van der Waals surface area contributed by atoms with E-state index in [1.165, 1.54) is 19.3 Å². The number of hydrogen-bond donors (Lipinski definition) is 2. The average molecular weight is 448 g/mol. The Morgan fingerprint density at radius 2 is 1.73 bits per heavy atom. The maximum atomic E-state index is 13.3. The van der Waals surface area contributed by atoms with E-state index in [0.29, 0.717) is 17.4 Å². The molecule has 4 rings (SSSR count). The lowest BCUT2D eigenvalue weighted by Gasteiger charge is -2.26. The summed E-state index contributed by atoms with van der Waals surface area (Å²) >= 11 is 0. The number of ether oxygens (including phenoxy) is 1. The van der Waals surface area contributed by atoms with Gasteiger partial charge in [-0.2, -0.15) is 0 Å². The van der Waals surface area contributed by atoms with Gasteiger partial charge in [0.2, 0.25) is 5.91 Å². The van der Waals surface area contributed by atoms with E-state index in [1.54, 1.807) is 7.11 Å². The maximum Gasteiger partial charge on any atom is 0.254 e. The van der Waals surface area contributed by atoms with Gasteiger partial charge >= 0.3 is 0 Å². The molecule has 174 valence electrons. The topological polar surface area (TPSA) is 72.4 Å². The summed E-state index contributed by atoms with van der Waals surface area (Å²) in [5, 5.41) is 6.64. The highest BCUT2D eigenvalue weighted by Crippen LogP contribution is 2.37. The third-order valence-corrected chi connectivity index (χ3v) is 6.78. The largest absolute Gasteiger partial charge is 0.497 e. The fourth-order valence-corrected chi connectivity index (χ4v) is 5.09. The number of benzene rings is 2. The first-order valence-corrected chi connectivity index (χ1v) is 11.7. The molecule has 33 heavy (non-hydrogen) atoms. The Kier molecular flexibility index (Phi) is 6.72. The molecule has 0 bridgehead atoms. The zero-order valence-corrected chi connectivity index (χ0v) is 20.0. The third kappa shape index (κ3) is 4.61. The molecule has 0 atom stereocenters. The van der Waals surface area contributed by atoms with Crippen LogP contribution in [0, 0.1) is 20.8 Å². The minimum atomic E-state index is -0.244. The van der Waals surface area contributed by atoms with Crippen LogP contribution in [0.15, 0.2) is 36.4 Å². The number of nitrogens with zero attached hydrogens (tertiary/aromatic N) is 1. The molecule has 0 spiro atoms. The van der Waals surface area contributed by atoms with Gasteiger partial charge in [-0.3, -0.25) is 9.59 Å². The van der Waals surface area contributed by atoms with Crippen LogP contribution in [0.5, 0.6) is 5.75 Å². The molecule has 1 aliphatic carbocycles. The molecule has 3 aromatic rings. The summed E-state index contributed by atoms with van der Waals surface area (Å²) < 4.78 is 7.75. The van der Waals surface area contributed by atoms with E-state index in [-0.39, 0.29) is 18.4 Å². The SMILES string of the molecule is COc1ccc2c(c1)c(C(=O)NCC(=O)Nc1c(C)cccc1C)c(C)n2C1CCCCC1. The molecule has 0 saturated heterocycles. The summed E-state index contributed by atoms with van der Waals surface area (Å²) in [6, 6.07) is 12.2. The normalized spacial score (nSPS) is 14.3. The lowest BCUT2D eigenvalue weighted by atomic mass is 9.95. The van der Waals surface area contributed by atoms with Crippen LogP contribution in [0.4, 0.5) is 5.69 Å². The van der Waals surface area contributed by atoms with Crippen molar-refractivity contribution in [3.8, 4) is 5.75 Å². The van der Waals surface area contributed by atoms with Crippen LogP contribution >= 0.6 is 0 Å². The number of methoxy groups -OCH3 is 1. The lowest BCUT2D eigenvalue weighted by molar-refractivity contribution is -0.115. The highest BCUT2D eigenvalue weighted by Gasteiger charge is 2.26. The fraction of sp³-hybridized carbons (Fsp3) is 0.407. The van der Waals surface area contributed by atoms with Crippen molar-refractivity contribution in [3.05, 3.63) is 58.8 Å². The zero-order valence-electron chi connectivity index (χ0n) is 20.0. The predicted octanol–water partition coefficient (Wildman–Crippen LogP) is 5.45. The molecule has 1 aromatic heterocycles. The number of fused-ring (bicyclic) bond motifs is 1. The Morgan fingerprint density at radius 3 is 2.39 bits per heavy atom. The fourth-order valence-electron chi connectivity index (χ4n) is 5.09. The minimum absolute atomic E-state index is 0.0912. The monoisotopic (exact) mass is 447 g/mol. The van der Waals surface area contributed by atoms with Crippen molar-refractivity contribution >= 4 is 28.4 Å². The Labute approximate surface area is 195 Å². The van der Waals surface area contributed by atoms with E-state index in [2.05, 4.69) is 15.2 Å². The van der Waals surface area contributed by atoms with Gasteiger partial charge in [-0.1, -0.05) is 37.5 Å². The molecule has 0 radical (unpaired) electrons. The second-order valence-electron chi connectivity index (χ2n) is 9.00. The van der Waals surface area contributed by atoms with Crippen LogP contribution < -0.4 is 15.4 Å². The van der Waals surface area contributed by atoms with Crippen molar-refractivity contribution in [3.63, 3.8) is 0 Å². The molecule has 6 nitrogen and oxygen atoms in total. The number of rotatable bonds is 6. The Balaban J connectivity index is 1.59. The van der Waals surface area contributed by atoms with Crippen LogP contribution in [-0.2, 0) is 4.79 Å². The van der Waals surface area contributed by atoms with Gasteiger partial charge in [0, 0.05) is 28.3 Å². The molecule has 2 N–H and O–H groups in total. The first-order chi connectivity index (χ1) is 15.9. The van der Waals surface area contributed by atoms with Gasteiger partial charge in [0.05, 0.1) is 19.2 Å². The van der Waals surface area contributed by atoms with E-state index in [1.807, 2.05) is 57.2 Å². The van der Waals surface area contributed by atoms with Gasteiger partial charge in [0.25, 0.3) is 5.91 Å². The van der Waals surface area contributed by atoms with E-state index < -0.39 is 0 Å². The predicted molar refractivity (Wildman–Crippen MR) is 132 cm³/mol. The Bertz CT molecular complexity index is 1170. The summed E-state index contributed by atoms with van der Waals surface area (Å²) in [6.45, 7) is 5.83. The number of aromatic nitrogens is 1. The van der Waals surface area contributed by atoms with Gasteiger partial charge in [-0.15, -0.1) is 0 Å². The quantitative estimate of drug-likeness (QED) is 0.528. The Hall–Kier alpha value is -3.28. The minimum Gasteiger partial charge on any atom is -0.497 e. The molecule has 1 aliphatic rings. The Morgan fingerprint density at radius 1 is 1.03 bits per heavy atom. The van der Waals surface area contributed by atoms with Crippen LogP contribution in [0.3, 0.4) is 0 Å². The third-order valence-electron chi connectivity index (χ3n) is 6.78. The first kappa shape index (κ1) is 22.9. The number of para-hydroxylation sites is 1. The summed E-state index contributed by atoms with van der Waals surface area (Å²) in [4.78, 5) is 25.9. The molecule has 2 amide bonds. The molecule has 0 unspecified atom stereocenters. The standard InChI is InChI=1S/C27H33N3O3/c1-17-9-8-10-18(2)26(17)29-24(31)16-28-27(32)25-19(3)30(20-11-6-5-7-12-20)23-14-13-21(33-4)15-22(23)25/h8-10,13-15,20H,5-7,11-12,16H2,1-4H3,(H,28,32)(H,29,31). The summed E-state index contributed by atoms with van der Waals surface area (Å²) in [6.07, 6.45) is 5.93. The van der Waals surface area contributed by atoms with Gasteiger partial charge in [-0.25, -0.2) is 0 Å². The number of hydrogen-bond acceptors (Lipinski definition) is 3. The lowest BCUT2D eigenvalue weighted by Crippen LogP contribution is -2.33. The van der Waals surface area contributed by atoms with Crippen molar-refractivity contribution < 1.29 is 14.3 Å². The molecule has 1 fully saturated rings. The second kappa shape index (κ2) is 9.69. The van der Waals surface area contributed by atoms with Crippen molar-refractivity contribution in [1.82, 2.24) is 9.88 Å². The van der Waals surface area contributed by atoms with Crippen LogP contribution in [0.25, 0.3) is 10.9 Å². The van der Waals surface area contributed by atoms with Gasteiger partial charge < -0.3 is 19.9 Å². The number of carbonyl (C=O) groups excluding carboxylic acids is 2. The zero-order chi connectivity index (χ0) is 23.5. The van der Waals surface area contributed by atoms with E-state index in [0.717, 1.165) is 46.3 Å². The number of nitrogens with one attached hydrogen (secondary N) is 2. The summed E-state index contributed by atoms with van der Waals surface area (Å²) in [7, 11) is 1.63. The van der Waals surface area contributed by atoms with E-state index in [9.17, 15) is 9.59 Å². The molecular weight excluding hydrogens is 414 g/mol. The molecule has 0 aliphatic heterocycles. The number of carbonyl (C=O) groups is 2. The molecule has 6 heteroatoms.